The van der Waals surface area contributed by atoms with Crippen LogP contribution in [-0.2, 0) is 16.1 Å². The van der Waals surface area contributed by atoms with Gasteiger partial charge in [-0.1, -0.05) is 0 Å². The first-order chi connectivity index (χ1) is 6.99. The van der Waals surface area contributed by atoms with Crippen LogP contribution in [0.2, 0.25) is 0 Å². The number of aromatic nitrogens is 3. The van der Waals surface area contributed by atoms with E-state index < -0.39 is 0 Å². The molecule has 1 heterocycles. The maximum Gasteiger partial charge on any atom is 0.245 e. The van der Waals surface area contributed by atoms with Crippen LogP contribution in [0, 0.1) is 0 Å². The van der Waals surface area contributed by atoms with Crippen molar-refractivity contribution >= 4 is 17.6 Å². The molecule has 0 aliphatic heterocycles. The average molecular weight is 211 g/mol. The van der Waals surface area contributed by atoms with E-state index in [2.05, 4.69) is 15.5 Å². The van der Waals surface area contributed by atoms with Gasteiger partial charge in [-0.3, -0.25) is 9.59 Å². The fourth-order valence-corrected chi connectivity index (χ4v) is 0.874. The summed E-state index contributed by atoms with van der Waals surface area (Å²) in [5.41, 5.74) is 0. The zero-order valence-corrected chi connectivity index (χ0v) is 8.89. The molecule has 1 aromatic rings. The van der Waals surface area contributed by atoms with Gasteiger partial charge in [0.2, 0.25) is 11.8 Å². The average Bonchev–Trinajstić information content (AvgIpc) is 2.51. The lowest BCUT2D eigenvalue weighted by molar-refractivity contribution is -0.129. The Kier molecular flexibility index (Phi) is 3.37. The van der Waals surface area contributed by atoms with Gasteiger partial charge >= 0.3 is 0 Å². The summed E-state index contributed by atoms with van der Waals surface area (Å²) in [7, 11) is 3.31. The van der Waals surface area contributed by atoms with Gasteiger partial charge in [0.25, 0.3) is 0 Å². The summed E-state index contributed by atoms with van der Waals surface area (Å²) in [5, 5.41) is 10.2. The molecule has 82 valence electrons. The van der Waals surface area contributed by atoms with Gasteiger partial charge in [-0.15, -0.1) is 5.10 Å². The third-order valence-electron chi connectivity index (χ3n) is 1.62. The van der Waals surface area contributed by atoms with E-state index in [0.717, 1.165) is 0 Å². The van der Waals surface area contributed by atoms with E-state index in [-0.39, 0.29) is 18.4 Å². The molecule has 7 nitrogen and oxygen atoms in total. The standard InChI is InChI=1S/C8H13N5O2/c1-6(14)10-7-4-9-13(11-7)5-8(15)12(2)3/h4H,5H2,1-3H3,(H,10,11,14). The van der Waals surface area contributed by atoms with Crippen molar-refractivity contribution in [3.05, 3.63) is 6.20 Å². The first kappa shape index (κ1) is 11.2. The van der Waals surface area contributed by atoms with E-state index in [0.29, 0.717) is 5.82 Å². The third-order valence-corrected chi connectivity index (χ3v) is 1.62. The Morgan fingerprint density at radius 1 is 1.53 bits per heavy atom. The molecule has 0 unspecified atom stereocenters. The highest BCUT2D eigenvalue weighted by atomic mass is 16.2. The van der Waals surface area contributed by atoms with Crippen molar-refractivity contribution in [3.63, 3.8) is 0 Å². The molecule has 7 heteroatoms. The lowest BCUT2D eigenvalue weighted by atomic mass is 10.6. The smallest absolute Gasteiger partial charge is 0.245 e. The number of anilines is 1. The SMILES string of the molecule is CC(=O)Nc1cnn(CC(=O)N(C)C)n1. The van der Waals surface area contributed by atoms with Crippen molar-refractivity contribution in [2.75, 3.05) is 19.4 Å². The molecule has 0 aliphatic rings. The van der Waals surface area contributed by atoms with Crippen LogP contribution in [0.5, 0.6) is 0 Å². The predicted octanol–water partition coefficient (Wildman–Crippen LogP) is -0.675. The van der Waals surface area contributed by atoms with Crippen LogP contribution in [0.25, 0.3) is 0 Å². The molecular weight excluding hydrogens is 198 g/mol. The zero-order chi connectivity index (χ0) is 11.4. The maximum absolute atomic E-state index is 11.3. The molecule has 1 N–H and O–H groups in total. The van der Waals surface area contributed by atoms with Crippen LogP contribution in [-0.4, -0.2) is 45.8 Å². The lowest BCUT2D eigenvalue weighted by Gasteiger charge is -2.08. The largest absolute Gasteiger partial charge is 0.347 e. The Labute approximate surface area is 87.0 Å². The number of rotatable bonds is 3. The van der Waals surface area contributed by atoms with Crippen LogP contribution in [0.1, 0.15) is 6.92 Å². The van der Waals surface area contributed by atoms with Crippen molar-refractivity contribution in [1.82, 2.24) is 19.9 Å². The predicted molar refractivity (Wildman–Crippen MR) is 53.0 cm³/mol. The highest BCUT2D eigenvalue weighted by molar-refractivity contribution is 5.87. The summed E-state index contributed by atoms with van der Waals surface area (Å²) >= 11 is 0. The number of likely N-dealkylation sites (N-methyl/N-ethyl adjacent to an activating group) is 1. The number of hydrogen-bond donors (Lipinski definition) is 1. The number of nitrogens with zero attached hydrogens (tertiary/aromatic N) is 4. The molecule has 0 aromatic carbocycles. The molecule has 1 aromatic heterocycles. The quantitative estimate of drug-likeness (QED) is 0.718. The van der Waals surface area contributed by atoms with E-state index >= 15 is 0 Å². The zero-order valence-electron chi connectivity index (χ0n) is 8.89. The minimum Gasteiger partial charge on any atom is -0.347 e. The molecule has 0 spiro atoms. The number of carbonyl (C=O) groups excluding carboxylic acids is 2. The minimum absolute atomic E-state index is 0.0621. The summed E-state index contributed by atoms with van der Waals surface area (Å²) < 4.78 is 0. The summed E-state index contributed by atoms with van der Waals surface area (Å²) in [6.07, 6.45) is 1.39. The first-order valence-corrected chi connectivity index (χ1v) is 4.37. The fraction of sp³-hybridized carbons (Fsp3) is 0.500. The van der Waals surface area contributed by atoms with Gasteiger partial charge in [0.05, 0.1) is 6.20 Å². The lowest BCUT2D eigenvalue weighted by Crippen LogP contribution is -2.27. The molecule has 1 rings (SSSR count). The van der Waals surface area contributed by atoms with Crippen LogP contribution < -0.4 is 5.32 Å². The molecule has 15 heavy (non-hydrogen) atoms. The van der Waals surface area contributed by atoms with Crippen molar-refractivity contribution in [2.24, 2.45) is 0 Å². The van der Waals surface area contributed by atoms with E-state index in [1.807, 2.05) is 0 Å². The Hall–Kier alpha value is -1.92. The van der Waals surface area contributed by atoms with Crippen molar-refractivity contribution in [1.29, 1.82) is 0 Å². The molecule has 0 saturated carbocycles. The van der Waals surface area contributed by atoms with Gasteiger partial charge < -0.3 is 10.2 Å². The molecule has 0 saturated heterocycles. The normalized spacial score (nSPS) is 9.80. The fourth-order valence-electron chi connectivity index (χ4n) is 0.874. The van der Waals surface area contributed by atoms with Crippen LogP contribution in [0.15, 0.2) is 6.20 Å². The highest BCUT2D eigenvalue weighted by Gasteiger charge is 2.08. The minimum atomic E-state index is -0.221. The van der Waals surface area contributed by atoms with Crippen molar-refractivity contribution < 1.29 is 9.59 Å². The topological polar surface area (TPSA) is 80.1 Å². The second-order valence-corrected chi connectivity index (χ2v) is 3.23. The molecule has 0 aliphatic carbocycles. The van der Waals surface area contributed by atoms with Crippen molar-refractivity contribution in [2.45, 2.75) is 13.5 Å². The Balaban J connectivity index is 2.60. The number of nitrogens with one attached hydrogen (secondary N) is 1. The molecule has 0 radical (unpaired) electrons. The molecule has 0 atom stereocenters. The van der Waals surface area contributed by atoms with E-state index in [1.165, 1.54) is 22.8 Å². The number of carbonyl (C=O) groups is 2. The summed E-state index contributed by atoms with van der Waals surface area (Å²) in [5.74, 6) is 0.00928. The molecule has 2 amide bonds. The second kappa shape index (κ2) is 4.54. The van der Waals surface area contributed by atoms with E-state index in [9.17, 15) is 9.59 Å². The third kappa shape index (κ3) is 3.37. The van der Waals surface area contributed by atoms with E-state index in [1.54, 1.807) is 14.1 Å². The van der Waals surface area contributed by atoms with Gasteiger partial charge in [-0.25, -0.2) is 0 Å². The Morgan fingerprint density at radius 3 is 2.73 bits per heavy atom. The van der Waals surface area contributed by atoms with Crippen LogP contribution in [0.4, 0.5) is 5.82 Å². The van der Waals surface area contributed by atoms with E-state index in [4.69, 9.17) is 0 Å². The van der Waals surface area contributed by atoms with Crippen LogP contribution >= 0.6 is 0 Å². The monoisotopic (exact) mass is 211 g/mol. The van der Waals surface area contributed by atoms with Gasteiger partial charge in [0.15, 0.2) is 5.82 Å². The highest BCUT2D eigenvalue weighted by Crippen LogP contribution is 1.98. The van der Waals surface area contributed by atoms with Gasteiger partial charge in [0, 0.05) is 21.0 Å². The maximum atomic E-state index is 11.3. The molecular formula is C8H13N5O2. The Bertz CT molecular complexity index is 371. The van der Waals surface area contributed by atoms with Gasteiger partial charge in [-0.05, 0) is 0 Å². The first-order valence-electron chi connectivity index (χ1n) is 4.37. The molecule has 0 bridgehead atoms. The number of hydrogen-bond acceptors (Lipinski definition) is 4. The summed E-state index contributed by atoms with van der Waals surface area (Å²) in [4.78, 5) is 24.6. The van der Waals surface area contributed by atoms with Crippen molar-refractivity contribution in [3.8, 4) is 0 Å². The van der Waals surface area contributed by atoms with Gasteiger partial charge in [0.1, 0.15) is 6.54 Å². The number of amides is 2. The second-order valence-electron chi connectivity index (χ2n) is 3.23. The Morgan fingerprint density at radius 2 is 2.20 bits per heavy atom. The summed E-state index contributed by atoms with van der Waals surface area (Å²) in [6, 6.07) is 0. The van der Waals surface area contributed by atoms with Crippen LogP contribution in [0.3, 0.4) is 0 Å². The molecule has 0 fully saturated rings. The van der Waals surface area contributed by atoms with Gasteiger partial charge in [-0.2, -0.15) is 9.90 Å². The summed E-state index contributed by atoms with van der Waals surface area (Å²) in [6.45, 7) is 1.44.